The molecule has 0 aliphatic rings. The SMILES string of the molecule is O=C(CCCCC#Cc1ccccc1)NO. The van der Waals surface area contributed by atoms with Crippen LogP contribution in [0.2, 0.25) is 0 Å². The molecule has 0 bridgehead atoms. The summed E-state index contributed by atoms with van der Waals surface area (Å²) in [5.74, 6) is 5.76. The summed E-state index contributed by atoms with van der Waals surface area (Å²) in [5, 5.41) is 8.26. The molecule has 0 radical (unpaired) electrons. The molecule has 1 aromatic carbocycles. The van der Waals surface area contributed by atoms with E-state index in [2.05, 4.69) is 11.8 Å². The number of rotatable bonds is 4. The van der Waals surface area contributed by atoms with Gasteiger partial charge in [0.05, 0.1) is 0 Å². The highest BCUT2D eigenvalue weighted by atomic mass is 16.5. The zero-order chi connectivity index (χ0) is 11.6. The first-order valence-corrected chi connectivity index (χ1v) is 5.30. The van der Waals surface area contributed by atoms with Crippen LogP contribution >= 0.6 is 0 Å². The van der Waals surface area contributed by atoms with Gasteiger partial charge in [-0.1, -0.05) is 30.0 Å². The number of hydroxylamine groups is 1. The summed E-state index contributed by atoms with van der Waals surface area (Å²) < 4.78 is 0. The smallest absolute Gasteiger partial charge is 0.243 e. The molecular weight excluding hydrogens is 202 g/mol. The standard InChI is InChI=1S/C13H15NO2/c15-13(14-16)11-7-2-1-4-8-12-9-5-3-6-10-12/h3,5-6,9-10,16H,1-2,7,11H2,(H,14,15). The third-order valence-electron chi connectivity index (χ3n) is 2.09. The lowest BCUT2D eigenvalue weighted by atomic mass is 10.1. The van der Waals surface area contributed by atoms with Crippen LogP contribution < -0.4 is 5.48 Å². The van der Waals surface area contributed by atoms with Gasteiger partial charge < -0.3 is 0 Å². The Morgan fingerprint density at radius 3 is 2.69 bits per heavy atom. The highest BCUT2D eigenvalue weighted by Gasteiger charge is 1.96. The molecule has 3 nitrogen and oxygen atoms in total. The van der Waals surface area contributed by atoms with E-state index in [0.29, 0.717) is 6.42 Å². The molecule has 1 amide bonds. The molecule has 0 heterocycles. The molecule has 0 saturated carbocycles. The predicted molar refractivity (Wildman–Crippen MR) is 61.7 cm³/mol. The van der Waals surface area contributed by atoms with Crippen molar-refractivity contribution in [1.82, 2.24) is 5.48 Å². The molecule has 0 unspecified atom stereocenters. The molecule has 2 N–H and O–H groups in total. The average Bonchev–Trinajstić information content (AvgIpc) is 2.34. The third kappa shape index (κ3) is 5.18. The summed E-state index contributed by atoms with van der Waals surface area (Å²) in [6.07, 6.45) is 2.74. The van der Waals surface area contributed by atoms with E-state index in [0.717, 1.165) is 24.8 Å². The van der Waals surface area contributed by atoms with Crippen LogP contribution in [0.4, 0.5) is 0 Å². The van der Waals surface area contributed by atoms with Gasteiger partial charge in [-0.15, -0.1) is 0 Å². The summed E-state index contributed by atoms with van der Waals surface area (Å²) in [6.45, 7) is 0. The number of benzene rings is 1. The summed E-state index contributed by atoms with van der Waals surface area (Å²) in [5.41, 5.74) is 2.62. The molecule has 1 rings (SSSR count). The van der Waals surface area contributed by atoms with Gasteiger partial charge in [0.15, 0.2) is 0 Å². The van der Waals surface area contributed by atoms with Crippen LogP contribution in [0.15, 0.2) is 30.3 Å². The fourth-order valence-electron chi connectivity index (χ4n) is 1.24. The average molecular weight is 217 g/mol. The van der Waals surface area contributed by atoms with Gasteiger partial charge in [-0.2, -0.15) is 0 Å². The van der Waals surface area contributed by atoms with E-state index >= 15 is 0 Å². The van der Waals surface area contributed by atoms with Crippen molar-refractivity contribution < 1.29 is 10.0 Å². The van der Waals surface area contributed by atoms with Crippen molar-refractivity contribution in [2.45, 2.75) is 25.7 Å². The largest absolute Gasteiger partial charge is 0.289 e. The molecule has 0 fully saturated rings. The quantitative estimate of drug-likeness (QED) is 0.351. The highest BCUT2D eigenvalue weighted by molar-refractivity contribution is 5.74. The number of hydrogen-bond donors (Lipinski definition) is 2. The van der Waals surface area contributed by atoms with E-state index in [1.165, 1.54) is 0 Å². The van der Waals surface area contributed by atoms with Crippen molar-refractivity contribution in [3.05, 3.63) is 35.9 Å². The minimum Gasteiger partial charge on any atom is -0.289 e. The van der Waals surface area contributed by atoms with Crippen LogP contribution in [0.1, 0.15) is 31.2 Å². The second kappa shape index (κ2) is 7.49. The molecular formula is C13H15NO2. The van der Waals surface area contributed by atoms with E-state index in [4.69, 9.17) is 5.21 Å². The molecule has 0 aliphatic carbocycles. The molecule has 0 atom stereocenters. The van der Waals surface area contributed by atoms with Gasteiger partial charge in [-0.05, 0) is 25.0 Å². The molecule has 84 valence electrons. The maximum absolute atomic E-state index is 10.7. The van der Waals surface area contributed by atoms with Gasteiger partial charge in [0.1, 0.15) is 0 Å². The first-order chi connectivity index (χ1) is 7.83. The van der Waals surface area contributed by atoms with Crippen molar-refractivity contribution in [1.29, 1.82) is 0 Å². The number of unbranched alkanes of at least 4 members (excludes halogenated alkanes) is 2. The van der Waals surface area contributed by atoms with Crippen molar-refractivity contribution in [3.63, 3.8) is 0 Å². The number of carbonyl (C=O) groups excluding carboxylic acids is 1. The molecule has 0 saturated heterocycles. The first kappa shape index (κ1) is 12.3. The van der Waals surface area contributed by atoms with Crippen LogP contribution in [-0.4, -0.2) is 11.1 Å². The summed E-state index contributed by atoms with van der Waals surface area (Å²) in [7, 11) is 0. The van der Waals surface area contributed by atoms with Crippen LogP contribution in [-0.2, 0) is 4.79 Å². The molecule has 1 aromatic rings. The van der Waals surface area contributed by atoms with Gasteiger partial charge in [0, 0.05) is 18.4 Å². The van der Waals surface area contributed by atoms with Gasteiger partial charge >= 0.3 is 0 Å². The third-order valence-corrected chi connectivity index (χ3v) is 2.09. The van der Waals surface area contributed by atoms with Gasteiger partial charge in [0.25, 0.3) is 0 Å². The second-order valence-electron chi connectivity index (χ2n) is 3.41. The number of amides is 1. The minimum absolute atomic E-state index is 0.337. The van der Waals surface area contributed by atoms with E-state index in [9.17, 15) is 4.79 Å². The van der Waals surface area contributed by atoms with Gasteiger partial charge in [-0.3, -0.25) is 10.0 Å². The van der Waals surface area contributed by atoms with E-state index in [-0.39, 0.29) is 5.91 Å². The Hall–Kier alpha value is -1.79. The normalized spacial score (nSPS) is 9.06. The molecule has 16 heavy (non-hydrogen) atoms. The van der Waals surface area contributed by atoms with E-state index in [1.54, 1.807) is 5.48 Å². The topological polar surface area (TPSA) is 49.3 Å². The highest BCUT2D eigenvalue weighted by Crippen LogP contribution is 2.00. The lowest BCUT2D eigenvalue weighted by Gasteiger charge is -1.95. The first-order valence-electron chi connectivity index (χ1n) is 5.30. The predicted octanol–water partition coefficient (Wildman–Crippen LogP) is 2.10. The Kier molecular flexibility index (Phi) is 5.75. The van der Waals surface area contributed by atoms with Crippen molar-refractivity contribution in [2.24, 2.45) is 0 Å². The lowest BCUT2D eigenvalue weighted by molar-refractivity contribution is -0.129. The Labute approximate surface area is 95.4 Å². The zero-order valence-electron chi connectivity index (χ0n) is 9.07. The van der Waals surface area contributed by atoms with Crippen LogP contribution in [0.5, 0.6) is 0 Å². The number of hydrogen-bond acceptors (Lipinski definition) is 2. The minimum atomic E-state index is -0.337. The molecule has 0 aromatic heterocycles. The van der Waals surface area contributed by atoms with E-state index in [1.807, 2.05) is 30.3 Å². The van der Waals surface area contributed by atoms with Crippen LogP contribution in [0.25, 0.3) is 0 Å². The zero-order valence-corrected chi connectivity index (χ0v) is 9.07. The maximum Gasteiger partial charge on any atom is 0.243 e. The van der Waals surface area contributed by atoms with Gasteiger partial charge in [0.2, 0.25) is 5.91 Å². The Bertz CT molecular complexity index is 376. The van der Waals surface area contributed by atoms with E-state index < -0.39 is 0 Å². The monoisotopic (exact) mass is 217 g/mol. The molecule has 0 spiro atoms. The van der Waals surface area contributed by atoms with Gasteiger partial charge in [-0.25, -0.2) is 5.48 Å². The Balaban J connectivity index is 2.17. The van der Waals surface area contributed by atoms with Crippen LogP contribution in [0, 0.1) is 11.8 Å². The fourth-order valence-corrected chi connectivity index (χ4v) is 1.24. The Morgan fingerprint density at radius 2 is 2.00 bits per heavy atom. The Morgan fingerprint density at radius 1 is 1.25 bits per heavy atom. The van der Waals surface area contributed by atoms with Crippen molar-refractivity contribution in [3.8, 4) is 11.8 Å². The van der Waals surface area contributed by atoms with Crippen LogP contribution in [0.3, 0.4) is 0 Å². The lowest BCUT2D eigenvalue weighted by Crippen LogP contribution is -2.17. The summed E-state index contributed by atoms with van der Waals surface area (Å²) in [4.78, 5) is 10.7. The fraction of sp³-hybridized carbons (Fsp3) is 0.308. The molecule has 0 aliphatic heterocycles. The maximum atomic E-state index is 10.7. The second-order valence-corrected chi connectivity index (χ2v) is 3.41. The number of nitrogens with one attached hydrogen (secondary N) is 1. The summed E-state index contributed by atoms with van der Waals surface area (Å²) >= 11 is 0. The molecule has 3 heteroatoms. The van der Waals surface area contributed by atoms with Crippen molar-refractivity contribution >= 4 is 5.91 Å². The van der Waals surface area contributed by atoms with Crippen molar-refractivity contribution in [2.75, 3.05) is 0 Å². The number of carbonyl (C=O) groups is 1. The summed E-state index contributed by atoms with van der Waals surface area (Å²) in [6, 6.07) is 9.79.